The third kappa shape index (κ3) is 5.32. The monoisotopic (exact) mass is 460 g/mol. The van der Waals surface area contributed by atoms with Crippen LogP contribution < -0.4 is 9.46 Å². The summed E-state index contributed by atoms with van der Waals surface area (Å²) in [5.74, 6) is -0.464. The summed E-state index contributed by atoms with van der Waals surface area (Å²) < 4.78 is 45.2. The molecule has 0 atom stereocenters. The molecule has 0 spiro atoms. The Kier molecular flexibility index (Phi) is 7.26. The minimum Gasteiger partial charge on any atom is -0.495 e. The van der Waals surface area contributed by atoms with Crippen molar-refractivity contribution in [3.8, 4) is 17.0 Å². The van der Waals surface area contributed by atoms with E-state index in [9.17, 15) is 17.6 Å². The average Bonchev–Trinajstić information content (AvgIpc) is 3.27. The van der Waals surface area contributed by atoms with Gasteiger partial charge in [0.15, 0.2) is 0 Å². The number of nitrogens with zero attached hydrogens (tertiary/aromatic N) is 2. The van der Waals surface area contributed by atoms with Crippen molar-refractivity contribution < 1.29 is 22.3 Å². The van der Waals surface area contributed by atoms with Crippen LogP contribution in [0.15, 0.2) is 53.4 Å². The zero-order chi connectivity index (χ0) is 23.3. The van der Waals surface area contributed by atoms with E-state index in [2.05, 4.69) is 14.9 Å². The quantitative estimate of drug-likeness (QED) is 0.511. The fraction of sp³-hybridized carbons (Fsp3) is 0.273. The zero-order valence-electron chi connectivity index (χ0n) is 18.1. The molecule has 0 aliphatic heterocycles. The first-order valence-corrected chi connectivity index (χ1v) is 11.4. The predicted molar refractivity (Wildman–Crippen MR) is 119 cm³/mol. The van der Waals surface area contributed by atoms with Crippen LogP contribution in [-0.4, -0.2) is 57.2 Å². The van der Waals surface area contributed by atoms with E-state index in [1.807, 2.05) is 6.07 Å². The van der Waals surface area contributed by atoms with Gasteiger partial charge in [-0.3, -0.25) is 9.89 Å². The summed E-state index contributed by atoms with van der Waals surface area (Å²) in [6, 6.07) is 12.4. The SMILES string of the molecule is CNS(=O)(=O)c1cc(C(=O)N(C)CCCc2cc(-c3cccc(F)c3)n[nH]2)ccc1OC. The number of halogens is 1. The molecule has 1 heterocycles. The lowest BCUT2D eigenvalue weighted by Gasteiger charge is -2.18. The average molecular weight is 461 g/mol. The molecule has 0 aliphatic rings. The first-order chi connectivity index (χ1) is 15.2. The van der Waals surface area contributed by atoms with Gasteiger partial charge in [-0.05, 0) is 56.3 Å². The molecule has 2 aromatic carbocycles. The summed E-state index contributed by atoms with van der Waals surface area (Å²) in [6.07, 6.45) is 1.30. The number of H-pyrrole nitrogens is 1. The van der Waals surface area contributed by atoms with Crippen molar-refractivity contribution in [2.75, 3.05) is 27.7 Å². The molecule has 8 nitrogen and oxygen atoms in total. The minimum atomic E-state index is -3.78. The van der Waals surface area contributed by atoms with Crippen LogP contribution in [-0.2, 0) is 16.4 Å². The van der Waals surface area contributed by atoms with E-state index in [1.54, 1.807) is 19.2 Å². The summed E-state index contributed by atoms with van der Waals surface area (Å²) in [4.78, 5) is 14.2. The van der Waals surface area contributed by atoms with Crippen LogP contribution in [0.2, 0.25) is 0 Å². The third-order valence-electron chi connectivity index (χ3n) is 5.01. The Morgan fingerprint density at radius 2 is 2.00 bits per heavy atom. The molecule has 0 bridgehead atoms. The predicted octanol–water partition coefficient (Wildman–Crippen LogP) is 2.84. The number of amides is 1. The molecule has 170 valence electrons. The van der Waals surface area contributed by atoms with Crippen LogP contribution in [0.1, 0.15) is 22.5 Å². The van der Waals surface area contributed by atoms with Gasteiger partial charge < -0.3 is 9.64 Å². The fourth-order valence-corrected chi connectivity index (χ4v) is 4.16. The Balaban J connectivity index is 1.63. The third-order valence-corrected chi connectivity index (χ3v) is 6.44. The van der Waals surface area contributed by atoms with Crippen molar-refractivity contribution >= 4 is 15.9 Å². The standard InChI is InChI=1S/C22H25FN4O4S/c1-24-32(29,30)21-13-16(9-10-20(21)31-3)22(28)27(2)11-5-8-18-14-19(26-25-18)15-6-4-7-17(23)12-15/h4,6-7,9-10,12-14,24H,5,8,11H2,1-3H3,(H,25,26). The van der Waals surface area contributed by atoms with Crippen LogP contribution >= 0.6 is 0 Å². The molecule has 0 radical (unpaired) electrons. The highest BCUT2D eigenvalue weighted by Crippen LogP contribution is 2.25. The van der Waals surface area contributed by atoms with Gasteiger partial charge in [-0.2, -0.15) is 5.10 Å². The van der Waals surface area contributed by atoms with Crippen LogP contribution in [0.25, 0.3) is 11.3 Å². The first-order valence-electron chi connectivity index (χ1n) is 9.92. The van der Waals surface area contributed by atoms with Crippen molar-refractivity contribution in [1.82, 2.24) is 19.8 Å². The van der Waals surface area contributed by atoms with Gasteiger partial charge in [0, 0.05) is 30.4 Å². The van der Waals surface area contributed by atoms with E-state index in [0.29, 0.717) is 30.6 Å². The molecule has 3 aromatic rings. The Bertz CT molecular complexity index is 1210. The van der Waals surface area contributed by atoms with Crippen molar-refractivity contribution in [1.29, 1.82) is 0 Å². The number of rotatable bonds is 9. The lowest BCUT2D eigenvalue weighted by molar-refractivity contribution is 0.0793. The van der Waals surface area contributed by atoms with E-state index < -0.39 is 10.0 Å². The highest BCUT2D eigenvalue weighted by molar-refractivity contribution is 7.89. The van der Waals surface area contributed by atoms with Crippen molar-refractivity contribution in [2.45, 2.75) is 17.7 Å². The molecule has 0 aliphatic carbocycles. The summed E-state index contributed by atoms with van der Waals surface area (Å²) in [6.45, 7) is 0.452. The van der Waals surface area contributed by atoms with Crippen molar-refractivity contribution in [2.24, 2.45) is 0 Å². The molecule has 0 fully saturated rings. The van der Waals surface area contributed by atoms with Crippen LogP contribution in [0.3, 0.4) is 0 Å². The Morgan fingerprint density at radius 1 is 1.22 bits per heavy atom. The maximum atomic E-state index is 13.4. The second kappa shape index (κ2) is 9.92. The molecule has 2 N–H and O–H groups in total. The number of benzene rings is 2. The second-order valence-electron chi connectivity index (χ2n) is 7.19. The highest BCUT2D eigenvalue weighted by atomic mass is 32.2. The summed E-state index contributed by atoms with van der Waals surface area (Å²) >= 11 is 0. The van der Waals surface area contributed by atoms with E-state index in [1.165, 1.54) is 49.4 Å². The molecule has 0 unspecified atom stereocenters. The fourth-order valence-electron chi connectivity index (χ4n) is 3.24. The lowest BCUT2D eigenvalue weighted by atomic mass is 10.1. The normalized spacial score (nSPS) is 11.4. The molecule has 0 saturated heterocycles. The van der Waals surface area contributed by atoms with Gasteiger partial charge in [0.25, 0.3) is 5.91 Å². The van der Waals surface area contributed by atoms with E-state index in [4.69, 9.17) is 4.74 Å². The van der Waals surface area contributed by atoms with Gasteiger partial charge in [-0.25, -0.2) is 17.5 Å². The molecule has 1 amide bonds. The Labute approximate surface area is 186 Å². The van der Waals surface area contributed by atoms with Crippen molar-refractivity contribution in [3.63, 3.8) is 0 Å². The van der Waals surface area contributed by atoms with Crippen molar-refractivity contribution in [3.05, 3.63) is 65.6 Å². The smallest absolute Gasteiger partial charge is 0.253 e. The number of hydrogen-bond acceptors (Lipinski definition) is 5. The number of carbonyl (C=O) groups is 1. The Hall–Kier alpha value is -3.24. The summed E-state index contributed by atoms with van der Waals surface area (Å²) in [5, 5.41) is 7.16. The molecule has 10 heteroatoms. The number of sulfonamides is 1. The van der Waals surface area contributed by atoms with Crippen LogP contribution in [0.5, 0.6) is 5.75 Å². The first kappa shape index (κ1) is 23.4. The second-order valence-corrected chi connectivity index (χ2v) is 9.05. The largest absolute Gasteiger partial charge is 0.495 e. The van der Waals surface area contributed by atoms with E-state index in [-0.39, 0.29) is 27.9 Å². The molecule has 3 rings (SSSR count). The number of methoxy groups -OCH3 is 1. The van der Waals surface area contributed by atoms with Gasteiger partial charge in [-0.15, -0.1) is 0 Å². The minimum absolute atomic E-state index is 0.0934. The lowest BCUT2D eigenvalue weighted by Crippen LogP contribution is -2.28. The number of aryl methyl sites for hydroxylation is 1. The number of nitrogens with one attached hydrogen (secondary N) is 2. The van der Waals surface area contributed by atoms with Crippen LogP contribution in [0, 0.1) is 5.82 Å². The van der Waals surface area contributed by atoms with Gasteiger partial charge in [0.2, 0.25) is 10.0 Å². The maximum Gasteiger partial charge on any atom is 0.253 e. The summed E-state index contributed by atoms with van der Waals surface area (Å²) in [5.41, 5.74) is 2.46. The number of carbonyl (C=O) groups excluding carboxylic acids is 1. The zero-order valence-corrected chi connectivity index (χ0v) is 18.9. The van der Waals surface area contributed by atoms with Gasteiger partial charge in [0.1, 0.15) is 16.5 Å². The Morgan fingerprint density at radius 3 is 2.69 bits per heavy atom. The molecular formula is C22H25FN4O4S. The number of aromatic amines is 1. The molecule has 1 aromatic heterocycles. The number of aromatic nitrogens is 2. The van der Waals surface area contributed by atoms with Gasteiger partial charge in [0.05, 0.1) is 12.8 Å². The molecule has 0 saturated carbocycles. The highest BCUT2D eigenvalue weighted by Gasteiger charge is 2.21. The van der Waals surface area contributed by atoms with Gasteiger partial charge in [-0.1, -0.05) is 12.1 Å². The molecular weight excluding hydrogens is 435 g/mol. The topological polar surface area (TPSA) is 104 Å². The number of ether oxygens (including phenoxy) is 1. The maximum absolute atomic E-state index is 13.4. The summed E-state index contributed by atoms with van der Waals surface area (Å²) in [7, 11) is 0.541. The van der Waals surface area contributed by atoms with Crippen LogP contribution in [0.4, 0.5) is 4.39 Å². The van der Waals surface area contributed by atoms with E-state index in [0.717, 1.165) is 5.69 Å². The van der Waals surface area contributed by atoms with Gasteiger partial charge >= 0.3 is 0 Å². The number of hydrogen-bond donors (Lipinski definition) is 2. The van der Waals surface area contributed by atoms with E-state index >= 15 is 0 Å². The molecule has 32 heavy (non-hydrogen) atoms.